The van der Waals surface area contributed by atoms with Gasteiger partial charge in [-0.05, 0) is 25.0 Å². The molecule has 1 aliphatic heterocycles. The zero-order chi connectivity index (χ0) is 17.2. The van der Waals surface area contributed by atoms with Crippen LogP contribution in [-0.4, -0.2) is 29.2 Å². The third-order valence-corrected chi connectivity index (χ3v) is 4.92. The summed E-state index contributed by atoms with van der Waals surface area (Å²) in [6.45, 7) is -0.292. The lowest BCUT2D eigenvalue weighted by molar-refractivity contribution is -0.144. The van der Waals surface area contributed by atoms with Crippen LogP contribution in [0.2, 0.25) is 0 Å². The first kappa shape index (κ1) is 16.2. The zero-order valence-electron chi connectivity index (χ0n) is 13.4. The maximum atomic E-state index is 12.7. The Morgan fingerprint density at radius 2 is 1.92 bits per heavy atom. The molecule has 1 aliphatic carbocycles. The van der Waals surface area contributed by atoms with Crippen LogP contribution in [0.4, 0.5) is 5.69 Å². The molecule has 1 N–H and O–H groups in total. The molecule has 1 aromatic carbocycles. The number of hydrogen-bond acceptors (Lipinski definition) is 4. The summed E-state index contributed by atoms with van der Waals surface area (Å²) in [5, 5.41) is 11.7. The first-order chi connectivity index (χ1) is 11.6. The Bertz CT molecular complexity index is 729. The number of likely N-dealkylation sites (tertiary alicyclic amines) is 1. The van der Waals surface area contributed by atoms with Gasteiger partial charge in [-0.25, -0.2) is 0 Å². The molecule has 3 rings (SSSR count). The molecule has 1 spiro atoms. The second-order valence-corrected chi connectivity index (χ2v) is 6.51. The SMILES string of the molecule is N#Cc1ccccc1NC(=O)CN1C(=O)CC2(CCCCC2)C1=O. The van der Waals surface area contributed by atoms with Crippen LogP contribution in [0.5, 0.6) is 0 Å². The molecule has 3 amide bonds. The minimum absolute atomic E-state index is 0.212. The van der Waals surface area contributed by atoms with Gasteiger partial charge < -0.3 is 5.32 Å². The number of anilines is 1. The fourth-order valence-corrected chi connectivity index (χ4v) is 3.66. The first-order valence-electron chi connectivity index (χ1n) is 8.19. The van der Waals surface area contributed by atoms with Crippen molar-refractivity contribution in [2.75, 3.05) is 11.9 Å². The van der Waals surface area contributed by atoms with Crippen molar-refractivity contribution >= 4 is 23.4 Å². The van der Waals surface area contributed by atoms with Crippen LogP contribution < -0.4 is 5.32 Å². The third kappa shape index (κ3) is 2.90. The summed E-state index contributed by atoms with van der Waals surface area (Å²) in [7, 11) is 0. The topological polar surface area (TPSA) is 90.3 Å². The average Bonchev–Trinajstić information content (AvgIpc) is 2.80. The smallest absolute Gasteiger partial charge is 0.244 e. The average molecular weight is 325 g/mol. The van der Waals surface area contributed by atoms with Crippen molar-refractivity contribution in [1.82, 2.24) is 4.90 Å². The van der Waals surface area contributed by atoms with Gasteiger partial charge in [0.25, 0.3) is 0 Å². The Morgan fingerprint density at radius 3 is 2.62 bits per heavy atom. The van der Waals surface area contributed by atoms with Crippen LogP contribution in [0.15, 0.2) is 24.3 Å². The fourth-order valence-electron chi connectivity index (χ4n) is 3.66. The molecular weight excluding hydrogens is 306 g/mol. The van der Waals surface area contributed by atoms with E-state index in [1.807, 2.05) is 6.07 Å². The molecule has 1 heterocycles. The Balaban J connectivity index is 1.69. The monoisotopic (exact) mass is 325 g/mol. The summed E-state index contributed by atoms with van der Waals surface area (Å²) in [5.41, 5.74) is 0.144. The van der Waals surface area contributed by atoms with Crippen molar-refractivity contribution in [1.29, 1.82) is 5.26 Å². The van der Waals surface area contributed by atoms with Crippen LogP contribution in [0.25, 0.3) is 0 Å². The number of benzene rings is 1. The van der Waals surface area contributed by atoms with Crippen molar-refractivity contribution in [3.05, 3.63) is 29.8 Å². The normalized spacial score (nSPS) is 19.4. The van der Waals surface area contributed by atoms with Gasteiger partial charge in [0.15, 0.2) is 0 Å². The maximum Gasteiger partial charge on any atom is 0.244 e. The van der Waals surface area contributed by atoms with E-state index in [1.165, 1.54) is 0 Å². The van der Waals surface area contributed by atoms with Crippen LogP contribution in [-0.2, 0) is 14.4 Å². The van der Waals surface area contributed by atoms with Crippen molar-refractivity contribution in [2.45, 2.75) is 38.5 Å². The molecule has 1 aromatic rings. The molecule has 0 atom stereocenters. The van der Waals surface area contributed by atoms with E-state index in [1.54, 1.807) is 24.3 Å². The number of rotatable bonds is 3. The molecule has 2 aliphatic rings. The van der Waals surface area contributed by atoms with Gasteiger partial charge in [0.05, 0.1) is 16.7 Å². The van der Waals surface area contributed by atoms with Gasteiger partial charge in [-0.1, -0.05) is 31.4 Å². The Morgan fingerprint density at radius 1 is 1.21 bits per heavy atom. The Kier molecular flexibility index (Phi) is 4.34. The number of nitrogens with zero attached hydrogens (tertiary/aromatic N) is 2. The number of hydrogen-bond donors (Lipinski definition) is 1. The molecule has 0 unspecified atom stereocenters. The van der Waals surface area contributed by atoms with Gasteiger partial charge >= 0.3 is 0 Å². The van der Waals surface area contributed by atoms with E-state index in [-0.39, 0.29) is 24.8 Å². The number of nitriles is 1. The molecule has 1 saturated carbocycles. The molecule has 0 radical (unpaired) electrons. The van der Waals surface area contributed by atoms with Crippen LogP contribution in [0.3, 0.4) is 0 Å². The summed E-state index contributed by atoms with van der Waals surface area (Å²) in [6, 6.07) is 8.62. The predicted molar refractivity (Wildman–Crippen MR) is 86.6 cm³/mol. The molecule has 1 saturated heterocycles. The number of nitrogens with one attached hydrogen (secondary N) is 1. The van der Waals surface area contributed by atoms with Gasteiger partial charge in [0, 0.05) is 6.42 Å². The van der Waals surface area contributed by atoms with Gasteiger partial charge in [-0.2, -0.15) is 5.26 Å². The van der Waals surface area contributed by atoms with Gasteiger partial charge in [-0.15, -0.1) is 0 Å². The van der Waals surface area contributed by atoms with Gasteiger partial charge in [0.1, 0.15) is 12.6 Å². The molecule has 124 valence electrons. The minimum atomic E-state index is -0.583. The molecule has 0 bridgehead atoms. The number of carbonyl (C=O) groups is 3. The van der Waals surface area contributed by atoms with Crippen molar-refractivity contribution in [3.63, 3.8) is 0 Å². The number of amides is 3. The van der Waals surface area contributed by atoms with Gasteiger partial charge in [0.2, 0.25) is 17.7 Å². The summed E-state index contributed by atoms with van der Waals surface area (Å²) >= 11 is 0. The largest absolute Gasteiger partial charge is 0.323 e. The highest BCUT2D eigenvalue weighted by atomic mass is 16.2. The molecule has 2 fully saturated rings. The second-order valence-electron chi connectivity index (χ2n) is 6.51. The molecule has 0 aromatic heterocycles. The Labute approximate surface area is 140 Å². The van der Waals surface area contributed by atoms with Gasteiger partial charge in [-0.3, -0.25) is 19.3 Å². The minimum Gasteiger partial charge on any atom is -0.323 e. The summed E-state index contributed by atoms with van der Waals surface area (Å²) in [5.74, 6) is -0.950. The maximum absolute atomic E-state index is 12.7. The first-order valence-corrected chi connectivity index (χ1v) is 8.19. The third-order valence-electron chi connectivity index (χ3n) is 4.92. The van der Waals surface area contributed by atoms with Crippen LogP contribution >= 0.6 is 0 Å². The number of para-hydroxylation sites is 1. The highest BCUT2D eigenvalue weighted by Gasteiger charge is 2.51. The summed E-state index contributed by atoms with van der Waals surface area (Å²) < 4.78 is 0. The number of imide groups is 1. The zero-order valence-corrected chi connectivity index (χ0v) is 13.4. The highest BCUT2D eigenvalue weighted by Crippen LogP contribution is 2.45. The van der Waals surface area contributed by atoms with Crippen LogP contribution in [0.1, 0.15) is 44.1 Å². The van der Waals surface area contributed by atoms with E-state index >= 15 is 0 Å². The van der Waals surface area contributed by atoms with E-state index in [0.29, 0.717) is 11.3 Å². The van der Waals surface area contributed by atoms with E-state index in [2.05, 4.69) is 5.32 Å². The standard InChI is InChI=1S/C18H19N3O3/c19-11-13-6-2-3-7-14(13)20-15(22)12-21-16(23)10-18(17(21)24)8-4-1-5-9-18/h2-3,6-7H,1,4-5,8-10,12H2,(H,20,22). The van der Waals surface area contributed by atoms with Crippen LogP contribution in [0, 0.1) is 16.7 Å². The molecule has 6 nitrogen and oxygen atoms in total. The summed E-state index contributed by atoms with van der Waals surface area (Å²) in [6.07, 6.45) is 4.67. The number of carbonyl (C=O) groups excluding carboxylic acids is 3. The quantitative estimate of drug-likeness (QED) is 0.863. The highest BCUT2D eigenvalue weighted by molar-refractivity contribution is 6.09. The lowest BCUT2D eigenvalue weighted by Gasteiger charge is -2.30. The second kappa shape index (κ2) is 6.44. The van der Waals surface area contributed by atoms with Crippen molar-refractivity contribution in [2.24, 2.45) is 5.41 Å². The van der Waals surface area contributed by atoms with E-state index < -0.39 is 11.3 Å². The molecule has 24 heavy (non-hydrogen) atoms. The summed E-state index contributed by atoms with van der Waals surface area (Å²) in [4.78, 5) is 38.2. The lowest BCUT2D eigenvalue weighted by atomic mass is 9.73. The van der Waals surface area contributed by atoms with Crippen molar-refractivity contribution < 1.29 is 14.4 Å². The van der Waals surface area contributed by atoms with E-state index in [9.17, 15) is 14.4 Å². The Hall–Kier alpha value is -2.68. The van der Waals surface area contributed by atoms with E-state index in [0.717, 1.165) is 37.0 Å². The lowest BCUT2D eigenvalue weighted by Crippen LogP contribution is -2.41. The predicted octanol–water partition coefficient (Wildman–Crippen LogP) is 2.21. The fraction of sp³-hybridized carbons (Fsp3) is 0.444. The van der Waals surface area contributed by atoms with E-state index in [4.69, 9.17) is 5.26 Å². The molecule has 6 heteroatoms. The molecular formula is C18H19N3O3. The van der Waals surface area contributed by atoms with Crippen molar-refractivity contribution in [3.8, 4) is 6.07 Å².